The molecule has 1 spiro atoms. The third-order valence-electron chi connectivity index (χ3n) is 6.27. The van der Waals surface area contributed by atoms with Crippen molar-refractivity contribution in [2.75, 3.05) is 13.1 Å². The van der Waals surface area contributed by atoms with Gasteiger partial charge in [0.2, 0.25) is 5.91 Å². The van der Waals surface area contributed by atoms with E-state index in [4.69, 9.17) is 4.74 Å². The molecule has 4 nitrogen and oxygen atoms in total. The summed E-state index contributed by atoms with van der Waals surface area (Å²) in [6.45, 7) is 6.68. The van der Waals surface area contributed by atoms with E-state index < -0.39 is 0 Å². The van der Waals surface area contributed by atoms with Gasteiger partial charge in [-0.3, -0.25) is 9.69 Å². The SMILES string of the molecule is CC(C)NC(=O)CC1CC2(CCN(Cc3ccc(F)cc3)CC2)Oc2ccccc21. The van der Waals surface area contributed by atoms with Crippen molar-refractivity contribution in [1.29, 1.82) is 0 Å². The molecule has 160 valence electrons. The number of fused-ring (bicyclic) bond motifs is 1. The molecule has 0 bridgehead atoms. The van der Waals surface area contributed by atoms with Crippen LogP contribution in [0.5, 0.6) is 5.75 Å². The van der Waals surface area contributed by atoms with Gasteiger partial charge in [-0.25, -0.2) is 4.39 Å². The number of rotatable bonds is 5. The lowest BCUT2D eigenvalue weighted by Gasteiger charge is -2.47. The molecule has 1 unspecified atom stereocenters. The highest BCUT2D eigenvalue weighted by Gasteiger charge is 2.43. The first-order chi connectivity index (χ1) is 14.4. The van der Waals surface area contributed by atoms with Crippen LogP contribution in [0.25, 0.3) is 0 Å². The maximum Gasteiger partial charge on any atom is 0.220 e. The summed E-state index contributed by atoms with van der Waals surface area (Å²) < 4.78 is 19.7. The van der Waals surface area contributed by atoms with E-state index in [2.05, 4.69) is 16.3 Å². The lowest BCUT2D eigenvalue weighted by Crippen LogP contribution is -2.50. The van der Waals surface area contributed by atoms with Gasteiger partial charge < -0.3 is 10.1 Å². The Balaban J connectivity index is 1.44. The molecule has 5 heteroatoms. The van der Waals surface area contributed by atoms with Crippen LogP contribution in [0.4, 0.5) is 4.39 Å². The Morgan fingerprint density at radius 3 is 2.57 bits per heavy atom. The van der Waals surface area contributed by atoms with Gasteiger partial charge in [0.1, 0.15) is 17.2 Å². The molecule has 0 radical (unpaired) electrons. The molecule has 2 aromatic carbocycles. The molecule has 2 aliphatic heterocycles. The second-order valence-electron chi connectivity index (χ2n) is 9.05. The molecule has 0 saturated carbocycles. The summed E-state index contributed by atoms with van der Waals surface area (Å²) >= 11 is 0. The van der Waals surface area contributed by atoms with Gasteiger partial charge in [0.15, 0.2) is 0 Å². The van der Waals surface area contributed by atoms with Crippen molar-refractivity contribution in [3.05, 3.63) is 65.5 Å². The van der Waals surface area contributed by atoms with E-state index in [9.17, 15) is 9.18 Å². The molecular weight excluding hydrogens is 379 g/mol. The summed E-state index contributed by atoms with van der Waals surface area (Å²) in [5.74, 6) is 1.02. The quantitative estimate of drug-likeness (QED) is 0.781. The van der Waals surface area contributed by atoms with Crippen molar-refractivity contribution in [2.45, 2.75) is 63.6 Å². The zero-order valence-corrected chi connectivity index (χ0v) is 17.9. The Hall–Kier alpha value is -2.40. The number of nitrogens with one attached hydrogen (secondary N) is 1. The number of piperidine rings is 1. The molecule has 2 aromatic rings. The monoisotopic (exact) mass is 410 g/mol. The standard InChI is InChI=1S/C25H31FN2O2/c1-18(2)27-24(29)15-20-16-25(30-23-6-4-3-5-22(20)23)11-13-28(14-12-25)17-19-7-9-21(26)10-8-19/h3-10,18,20H,11-17H2,1-2H3,(H,27,29). The van der Waals surface area contributed by atoms with Crippen LogP contribution in [0.3, 0.4) is 0 Å². The normalized spacial score (nSPS) is 20.6. The van der Waals surface area contributed by atoms with Crippen LogP contribution >= 0.6 is 0 Å². The van der Waals surface area contributed by atoms with Crippen LogP contribution in [0.1, 0.15) is 56.6 Å². The topological polar surface area (TPSA) is 41.6 Å². The van der Waals surface area contributed by atoms with Crippen molar-refractivity contribution < 1.29 is 13.9 Å². The van der Waals surface area contributed by atoms with Gasteiger partial charge in [-0.1, -0.05) is 30.3 Å². The van der Waals surface area contributed by atoms with Gasteiger partial charge in [-0.2, -0.15) is 0 Å². The number of nitrogens with zero attached hydrogens (tertiary/aromatic N) is 1. The Labute approximate surface area is 178 Å². The summed E-state index contributed by atoms with van der Waals surface area (Å²) in [6.07, 6.45) is 3.25. The van der Waals surface area contributed by atoms with Gasteiger partial charge >= 0.3 is 0 Å². The third kappa shape index (κ3) is 4.84. The van der Waals surface area contributed by atoms with Gasteiger partial charge in [0.25, 0.3) is 0 Å². The highest BCUT2D eigenvalue weighted by atomic mass is 19.1. The second-order valence-corrected chi connectivity index (χ2v) is 9.05. The molecular formula is C25H31FN2O2. The van der Waals surface area contributed by atoms with Crippen molar-refractivity contribution in [3.8, 4) is 5.75 Å². The molecule has 0 aromatic heterocycles. The fourth-order valence-electron chi connectivity index (χ4n) is 4.80. The Bertz CT molecular complexity index is 873. The van der Waals surface area contributed by atoms with Crippen LogP contribution in [0, 0.1) is 5.82 Å². The Kier molecular flexibility index (Phi) is 6.09. The predicted molar refractivity (Wildman–Crippen MR) is 116 cm³/mol. The summed E-state index contributed by atoms with van der Waals surface area (Å²) in [7, 11) is 0. The number of amides is 1. The predicted octanol–water partition coefficient (Wildman–Crippen LogP) is 4.64. The number of halogens is 1. The molecule has 1 N–H and O–H groups in total. The van der Waals surface area contributed by atoms with E-state index in [1.165, 1.54) is 12.1 Å². The zero-order chi connectivity index (χ0) is 21.1. The molecule has 1 saturated heterocycles. The highest BCUT2D eigenvalue weighted by molar-refractivity contribution is 5.77. The van der Waals surface area contributed by atoms with Crippen molar-refractivity contribution in [2.24, 2.45) is 0 Å². The smallest absolute Gasteiger partial charge is 0.220 e. The number of hydrogen-bond acceptors (Lipinski definition) is 3. The first-order valence-electron chi connectivity index (χ1n) is 11.0. The minimum atomic E-state index is -0.212. The molecule has 0 aliphatic carbocycles. The Morgan fingerprint density at radius 1 is 1.17 bits per heavy atom. The van der Waals surface area contributed by atoms with Gasteiger partial charge in [-0.05, 0) is 62.4 Å². The Morgan fingerprint density at radius 2 is 1.87 bits per heavy atom. The highest BCUT2D eigenvalue weighted by Crippen LogP contribution is 2.46. The number of likely N-dealkylation sites (tertiary alicyclic amines) is 1. The lowest BCUT2D eigenvalue weighted by molar-refractivity contribution is -0.122. The molecule has 4 rings (SSSR count). The summed E-state index contributed by atoms with van der Waals surface area (Å²) in [5, 5.41) is 3.04. The number of ether oxygens (including phenoxy) is 1. The second kappa shape index (κ2) is 8.76. The van der Waals surface area contributed by atoms with Crippen LogP contribution < -0.4 is 10.1 Å². The first-order valence-corrected chi connectivity index (χ1v) is 11.0. The van der Waals surface area contributed by atoms with Crippen LogP contribution in [0.2, 0.25) is 0 Å². The van der Waals surface area contributed by atoms with Crippen molar-refractivity contribution in [3.63, 3.8) is 0 Å². The summed E-state index contributed by atoms with van der Waals surface area (Å²) in [4.78, 5) is 14.9. The number of para-hydroxylation sites is 1. The fourth-order valence-corrected chi connectivity index (χ4v) is 4.80. The first kappa shape index (κ1) is 20.9. The van der Waals surface area contributed by atoms with E-state index in [1.807, 2.05) is 44.2 Å². The van der Waals surface area contributed by atoms with Gasteiger partial charge in [0.05, 0.1) is 0 Å². The lowest BCUT2D eigenvalue weighted by atomic mass is 9.76. The van der Waals surface area contributed by atoms with E-state index in [0.717, 1.165) is 55.8 Å². The maximum atomic E-state index is 13.2. The van der Waals surface area contributed by atoms with E-state index in [-0.39, 0.29) is 29.3 Å². The average Bonchev–Trinajstić information content (AvgIpc) is 2.71. The fraction of sp³-hybridized carbons (Fsp3) is 0.480. The molecule has 1 atom stereocenters. The van der Waals surface area contributed by atoms with Crippen LogP contribution in [0.15, 0.2) is 48.5 Å². The minimum absolute atomic E-state index is 0.107. The van der Waals surface area contributed by atoms with E-state index in [0.29, 0.717) is 6.42 Å². The van der Waals surface area contributed by atoms with E-state index in [1.54, 1.807) is 0 Å². The molecule has 2 heterocycles. The van der Waals surface area contributed by atoms with Gasteiger partial charge in [0, 0.05) is 38.0 Å². The maximum absolute atomic E-state index is 13.2. The van der Waals surface area contributed by atoms with Crippen LogP contribution in [-0.4, -0.2) is 35.5 Å². The van der Waals surface area contributed by atoms with Crippen molar-refractivity contribution in [1.82, 2.24) is 10.2 Å². The number of carbonyl (C=O) groups is 1. The molecule has 1 amide bonds. The van der Waals surface area contributed by atoms with Crippen molar-refractivity contribution >= 4 is 5.91 Å². The average molecular weight is 411 g/mol. The van der Waals surface area contributed by atoms with Crippen LogP contribution in [-0.2, 0) is 11.3 Å². The molecule has 30 heavy (non-hydrogen) atoms. The zero-order valence-electron chi connectivity index (χ0n) is 17.9. The molecule has 2 aliphatic rings. The van der Waals surface area contributed by atoms with Gasteiger partial charge in [-0.15, -0.1) is 0 Å². The third-order valence-corrected chi connectivity index (χ3v) is 6.27. The largest absolute Gasteiger partial charge is 0.487 e. The molecule has 1 fully saturated rings. The number of benzene rings is 2. The minimum Gasteiger partial charge on any atom is -0.487 e. The van der Waals surface area contributed by atoms with E-state index >= 15 is 0 Å². The summed E-state index contributed by atoms with van der Waals surface area (Å²) in [5.41, 5.74) is 2.07. The number of hydrogen-bond donors (Lipinski definition) is 1. The number of carbonyl (C=O) groups excluding carboxylic acids is 1. The summed E-state index contributed by atoms with van der Waals surface area (Å²) in [6, 6.07) is 15.1.